The molecule has 26 heavy (non-hydrogen) atoms. The molecule has 0 spiro atoms. The molecule has 0 bridgehead atoms. The molecule has 0 atom stereocenters. The first-order valence-corrected chi connectivity index (χ1v) is 9.44. The number of nitrogen functional groups attached to an aromatic ring is 2. The fraction of sp³-hybridized carbons (Fsp3) is 0.526. The first-order valence-electron chi connectivity index (χ1n) is 9.44. The second-order valence-electron chi connectivity index (χ2n) is 6.35. The number of benzene rings is 1. The molecule has 7 heteroatoms. The minimum absolute atomic E-state index is 0.0883. The molecule has 0 fully saturated rings. The summed E-state index contributed by atoms with van der Waals surface area (Å²) in [5.41, 5.74) is 11.9. The van der Waals surface area contributed by atoms with Gasteiger partial charge >= 0.3 is 0 Å². The standard InChI is InChI=1S/C19H30N6O/c1-2-3-4-5-6-7-8-9-14-26-16-12-10-15(11-13-16)22-19-24-17(20)23-18(21)25-19/h10-13H,2-9,14H2,1H3,(H5,20,21,22,23,24,25). The molecule has 0 radical (unpaired) electrons. The van der Waals surface area contributed by atoms with E-state index >= 15 is 0 Å². The summed E-state index contributed by atoms with van der Waals surface area (Å²) in [5, 5.41) is 3.04. The summed E-state index contributed by atoms with van der Waals surface area (Å²) in [6, 6.07) is 7.64. The van der Waals surface area contributed by atoms with Crippen LogP contribution in [0.15, 0.2) is 24.3 Å². The monoisotopic (exact) mass is 358 g/mol. The van der Waals surface area contributed by atoms with E-state index in [0.29, 0.717) is 5.95 Å². The van der Waals surface area contributed by atoms with E-state index in [-0.39, 0.29) is 11.9 Å². The normalized spacial score (nSPS) is 10.7. The molecule has 1 aromatic heterocycles. The number of rotatable bonds is 12. The van der Waals surface area contributed by atoms with Crippen LogP contribution in [0.5, 0.6) is 5.75 Å². The van der Waals surface area contributed by atoms with E-state index in [1.54, 1.807) is 0 Å². The van der Waals surface area contributed by atoms with Crippen molar-refractivity contribution in [3.63, 3.8) is 0 Å². The lowest BCUT2D eigenvalue weighted by atomic mass is 10.1. The summed E-state index contributed by atoms with van der Waals surface area (Å²) in [6.07, 6.45) is 10.4. The van der Waals surface area contributed by atoms with Crippen LogP contribution in [0.1, 0.15) is 58.3 Å². The zero-order valence-electron chi connectivity index (χ0n) is 15.6. The van der Waals surface area contributed by atoms with Gasteiger partial charge < -0.3 is 21.5 Å². The topological polar surface area (TPSA) is 112 Å². The number of nitrogens with zero attached hydrogens (tertiary/aromatic N) is 3. The van der Waals surface area contributed by atoms with E-state index in [0.717, 1.165) is 24.5 Å². The Balaban J connectivity index is 1.64. The molecule has 0 aliphatic carbocycles. The van der Waals surface area contributed by atoms with Gasteiger partial charge in [-0.05, 0) is 30.7 Å². The Morgan fingerprint density at radius 3 is 2.00 bits per heavy atom. The quantitative estimate of drug-likeness (QED) is 0.485. The van der Waals surface area contributed by atoms with Crippen LogP contribution in [0.4, 0.5) is 23.5 Å². The molecule has 0 unspecified atom stereocenters. The van der Waals surface area contributed by atoms with Gasteiger partial charge in [0.15, 0.2) is 0 Å². The molecule has 142 valence electrons. The average Bonchev–Trinajstić information content (AvgIpc) is 2.61. The van der Waals surface area contributed by atoms with Crippen LogP contribution in [0.2, 0.25) is 0 Å². The van der Waals surface area contributed by atoms with Gasteiger partial charge in [0.2, 0.25) is 17.8 Å². The Hall–Kier alpha value is -2.57. The second-order valence-corrected chi connectivity index (χ2v) is 6.35. The van der Waals surface area contributed by atoms with E-state index in [1.807, 2.05) is 24.3 Å². The van der Waals surface area contributed by atoms with E-state index in [2.05, 4.69) is 27.2 Å². The van der Waals surface area contributed by atoms with Gasteiger partial charge in [-0.1, -0.05) is 51.9 Å². The van der Waals surface area contributed by atoms with Gasteiger partial charge in [0.05, 0.1) is 6.61 Å². The molecular formula is C19H30N6O. The van der Waals surface area contributed by atoms with Crippen molar-refractivity contribution in [2.45, 2.75) is 58.3 Å². The lowest BCUT2D eigenvalue weighted by Crippen LogP contribution is -2.06. The van der Waals surface area contributed by atoms with Crippen LogP contribution in [-0.2, 0) is 0 Å². The van der Waals surface area contributed by atoms with Gasteiger partial charge in [-0.25, -0.2) is 0 Å². The minimum Gasteiger partial charge on any atom is -0.494 e. The van der Waals surface area contributed by atoms with Crippen LogP contribution in [-0.4, -0.2) is 21.6 Å². The van der Waals surface area contributed by atoms with E-state index < -0.39 is 0 Å². The van der Waals surface area contributed by atoms with E-state index in [9.17, 15) is 0 Å². The lowest BCUT2D eigenvalue weighted by Gasteiger charge is -2.08. The van der Waals surface area contributed by atoms with Crippen molar-refractivity contribution in [2.24, 2.45) is 0 Å². The molecule has 7 nitrogen and oxygen atoms in total. The maximum absolute atomic E-state index is 5.79. The zero-order chi connectivity index (χ0) is 18.6. The average molecular weight is 358 g/mol. The second kappa shape index (κ2) is 11.1. The maximum Gasteiger partial charge on any atom is 0.233 e. The fourth-order valence-electron chi connectivity index (χ4n) is 2.65. The van der Waals surface area contributed by atoms with Crippen molar-refractivity contribution >= 4 is 23.5 Å². The molecule has 1 aromatic carbocycles. The first kappa shape index (κ1) is 19.8. The van der Waals surface area contributed by atoms with Gasteiger partial charge in [0.1, 0.15) is 5.75 Å². The number of nitrogens with one attached hydrogen (secondary N) is 1. The van der Waals surface area contributed by atoms with Crippen LogP contribution in [0, 0.1) is 0 Å². The van der Waals surface area contributed by atoms with Crippen LogP contribution in [0.25, 0.3) is 0 Å². The number of anilines is 4. The number of ether oxygens (including phenoxy) is 1. The minimum atomic E-state index is 0.0883. The van der Waals surface area contributed by atoms with E-state index in [4.69, 9.17) is 16.2 Å². The molecule has 5 N–H and O–H groups in total. The number of hydrogen-bond acceptors (Lipinski definition) is 7. The van der Waals surface area contributed by atoms with Gasteiger partial charge in [-0.15, -0.1) is 0 Å². The molecule has 2 aromatic rings. The number of unbranched alkanes of at least 4 members (excludes halogenated alkanes) is 7. The smallest absolute Gasteiger partial charge is 0.233 e. The van der Waals surface area contributed by atoms with Crippen molar-refractivity contribution in [1.82, 2.24) is 15.0 Å². The molecule has 0 amide bonds. The van der Waals surface area contributed by atoms with Crippen molar-refractivity contribution in [3.8, 4) is 5.75 Å². The summed E-state index contributed by atoms with van der Waals surface area (Å²) in [4.78, 5) is 11.7. The highest BCUT2D eigenvalue weighted by Gasteiger charge is 2.03. The Bertz CT molecular complexity index is 627. The summed E-state index contributed by atoms with van der Waals surface area (Å²) < 4.78 is 5.79. The van der Waals surface area contributed by atoms with E-state index in [1.165, 1.54) is 44.9 Å². The Labute approximate surface area is 155 Å². The Morgan fingerprint density at radius 1 is 0.808 bits per heavy atom. The summed E-state index contributed by atoms with van der Waals surface area (Å²) >= 11 is 0. The van der Waals surface area contributed by atoms with Gasteiger partial charge in [0.25, 0.3) is 0 Å². The predicted octanol–water partition coefficient (Wildman–Crippen LogP) is 4.30. The molecule has 0 aliphatic rings. The van der Waals surface area contributed by atoms with Crippen molar-refractivity contribution in [2.75, 3.05) is 23.4 Å². The number of nitrogens with two attached hydrogens (primary N) is 2. The van der Waals surface area contributed by atoms with Gasteiger partial charge in [0, 0.05) is 5.69 Å². The predicted molar refractivity (Wildman–Crippen MR) is 106 cm³/mol. The van der Waals surface area contributed by atoms with Crippen molar-refractivity contribution < 1.29 is 4.74 Å². The number of hydrogen-bond donors (Lipinski definition) is 3. The fourth-order valence-corrected chi connectivity index (χ4v) is 2.65. The summed E-state index contributed by atoms with van der Waals surface area (Å²) in [6.45, 7) is 3.00. The third-order valence-electron chi connectivity index (χ3n) is 4.05. The number of aromatic nitrogens is 3. The third-order valence-corrected chi connectivity index (χ3v) is 4.05. The van der Waals surface area contributed by atoms with Gasteiger partial charge in [-0.2, -0.15) is 15.0 Å². The highest BCUT2D eigenvalue weighted by Crippen LogP contribution is 2.19. The summed E-state index contributed by atoms with van der Waals surface area (Å²) in [5.74, 6) is 1.35. The molecule has 1 heterocycles. The Kier molecular flexibility index (Phi) is 8.45. The summed E-state index contributed by atoms with van der Waals surface area (Å²) in [7, 11) is 0. The first-order chi connectivity index (χ1) is 12.7. The highest BCUT2D eigenvalue weighted by atomic mass is 16.5. The molecule has 0 saturated heterocycles. The zero-order valence-corrected chi connectivity index (χ0v) is 15.6. The van der Waals surface area contributed by atoms with Gasteiger partial charge in [-0.3, -0.25) is 0 Å². The lowest BCUT2D eigenvalue weighted by molar-refractivity contribution is 0.304. The Morgan fingerprint density at radius 2 is 1.38 bits per heavy atom. The van der Waals surface area contributed by atoms with Crippen LogP contribution in [0.3, 0.4) is 0 Å². The van der Waals surface area contributed by atoms with Crippen molar-refractivity contribution in [3.05, 3.63) is 24.3 Å². The van der Waals surface area contributed by atoms with Crippen molar-refractivity contribution in [1.29, 1.82) is 0 Å². The molecular weight excluding hydrogens is 328 g/mol. The van der Waals surface area contributed by atoms with Crippen LogP contribution >= 0.6 is 0 Å². The third kappa shape index (κ3) is 7.55. The van der Waals surface area contributed by atoms with Crippen LogP contribution < -0.4 is 21.5 Å². The largest absolute Gasteiger partial charge is 0.494 e. The SMILES string of the molecule is CCCCCCCCCCOc1ccc(Nc2nc(N)nc(N)n2)cc1. The highest BCUT2D eigenvalue weighted by molar-refractivity contribution is 5.55. The molecule has 0 aliphatic heterocycles. The maximum atomic E-state index is 5.79. The molecule has 0 saturated carbocycles. The molecule has 2 rings (SSSR count).